The van der Waals surface area contributed by atoms with Crippen LogP contribution in [0.25, 0.3) is 11.6 Å². The lowest BCUT2D eigenvalue weighted by Crippen LogP contribution is -2.30. The topological polar surface area (TPSA) is 38.8 Å². The summed E-state index contributed by atoms with van der Waals surface area (Å²) in [5.41, 5.74) is 3.49. The molecule has 0 radical (unpaired) electrons. The van der Waals surface area contributed by atoms with Gasteiger partial charge in [-0.15, -0.1) is 6.42 Å². The predicted octanol–water partition coefficient (Wildman–Crippen LogP) is 4.64. The SMILES string of the molecule is C#CCOc1ccc(/C=C2\C(=O)N(CC(C)C)c3ccccc32)cc1OCC. The zero-order chi connectivity index (χ0) is 20.1. The van der Waals surface area contributed by atoms with Gasteiger partial charge in [0.1, 0.15) is 6.61 Å². The van der Waals surface area contributed by atoms with Gasteiger partial charge in [-0.3, -0.25) is 4.79 Å². The van der Waals surface area contributed by atoms with Crippen LogP contribution in [-0.4, -0.2) is 25.7 Å². The number of hydrogen-bond acceptors (Lipinski definition) is 3. The number of terminal acetylenes is 1. The molecule has 3 rings (SSSR count). The van der Waals surface area contributed by atoms with Gasteiger partial charge in [-0.1, -0.05) is 44.0 Å². The maximum Gasteiger partial charge on any atom is 0.259 e. The Morgan fingerprint density at radius 1 is 1.14 bits per heavy atom. The lowest BCUT2D eigenvalue weighted by atomic mass is 10.0. The van der Waals surface area contributed by atoms with E-state index in [1.807, 2.05) is 60.4 Å². The van der Waals surface area contributed by atoms with Crippen LogP contribution >= 0.6 is 0 Å². The third-order valence-electron chi connectivity index (χ3n) is 4.40. The molecule has 0 saturated heterocycles. The second kappa shape index (κ2) is 8.67. The van der Waals surface area contributed by atoms with Gasteiger partial charge >= 0.3 is 0 Å². The molecule has 2 aromatic carbocycles. The van der Waals surface area contributed by atoms with Crippen LogP contribution in [0.4, 0.5) is 5.69 Å². The van der Waals surface area contributed by atoms with Crippen molar-refractivity contribution in [1.29, 1.82) is 0 Å². The average molecular weight is 375 g/mol. The minimum Gasteiger partial charge on any atom is -0.490 e. The highest BCUT2D eigenvalue weighted by atomic mass is 16.5. The van der Waals surface area contributed by atoms with Crippen molar-refractivity contribution in [2.24, 2.45) is 5.92 Å². The maximum atomic E-state index is 13.1. The summed E-state index contributed by atoms with van der Waals surface area (Å²) in [6.45, 7) is 7.52. The van der Waals surface area contributed by atoms with E-state index in [9.17, 15) is 4.79 Å². The molecule has 0 unspecified atom stereocenters. The maximum absolute atomic E-state index is 13.1. The summed E-state index contributed by atoms with van der Waals surface area (Å²) in [5.74, 6) is 4.08. The molecule has 2 aromatic rings. The molecule has 1 amide bonds. The molecule has 0 saturated carbocycles. The van der Waals surface area contributed by atoms with Crippen molar-refractivity contribution < 1.29 is 14.3 Å². The van der Waals surface area contributed by atoms with Crippen LogP contribution in [-0.2, 0) is 4.79 Å². The van der Waals surface area contributed by atoms with E-state index in [1.54, 1.807) is 0 Å². The zero-order valence-electron chi connectivity index (χ0n) is 16.6. The summed E-state index contributed by atoms with van der Waals surface area (Å²) in [7, 11) is 0. The Labute approximate surface area is 166 Å². The van der Waals surface area contributed by atoms with Crippen LogP contribution in [0.5, 0.6) is 11.5 Å². The van der Waals surface area contributed by atoms with Crippen LogP contribution in [0.2, 0.25) is 0 Å². The van der Waals surface area contributed by atoms with Crippen molar-refractivity contribution >= 4 is 23.2 Å². The number of ether oxygens (including phenoxy) is 2. The smallest absolute Gasteiger partial charge is 0.259 e. The molecule has 4 heteroatoms. The highest BCUT2D eigenvalue weighted by Gasteiger charge is 2.32. The van der Waals surface area contributed by atoms with E-state index in [0.717, 1.165) is 16.8 Å². The summed E-state index contributed by atoms with van der Waals surface area (Å²) >= 11 is 0. The third kappa shape index (κ3) is 4.04. The summed E-state index contributed by atoms with van der Waals surface area (Å²) in [6, 6.07) is 13.5. The van der Waals surface area contributed by atoms with Gasteiger partial charge in [-0.2, -0.15) is 0 Å². The fourth-order valence-electron chi connectivity index (χ4n) is 3.28. The van der Waals surface area contributed by atoms with Crippen LogP contribution in [0.1, 0.15) is 31.9 Å². The first-order chi connectivity index (χ1) is 13.5. The molecule has 4 nitrogen and oxygen atoms in total. The number of nitrogens with zero attached hydrogens (tertiary/aromatic N) is 1. The van der Waals surface area contributed by atoms with Gasteiger partial charge in [-0.05, 0) is 42.7 Å². The molecule has 0 bridgehead atoms. The second-order valence-electron chi connectivity index (χ2n) is 7.02. The zero-order valence-corrected chi connectivity index (χ0v) is 16.6. The molecule has 0 aromatic heterocycles. The van der Waals surface area contributed by atoms with Gasteiger partial charge in [-0.25, -0.2) is 0 Å². The number of fused-ring (bicyclic) bond motifs is 1. The van der Waals surface area contributed by atoms with Gasteiger partial charge < -0.3 is 14.4 Å². The fourth-order valence-corrected chi connectivity index (χ4v) is 3.28. The molecule has 28 heavy (non-hydrogen) atoms. The van der Waals surface area contributed by atoms with E-state index in [4.69, 9.17) is 15.9 Å². The van der Waals surface area contributed by atoms with E-state index in [2.05, 4.69) is 19.8 Å². The Morgan fingerprint density at radius 2 is 1.93 bits per heavy atom. The molecular formula is C24H25NO3. The Morgan fingerprint density at radius 3 is 2.64 bits per heavy atom. The summed E-state index contributed by atoms with van der Waals surface area (Å²) in [4.78, 5) is 15.0. The van der Waals surface area contributed by atoms with Gasteiger partial charge in [0.15, 0.2) is 11.5 Å². The normalized spacial score (nSPS) is 14.3. The number of carbonyl (C=O) groups excluding carboxylic acids is 1. The third-order valence-corrected chi connectivity index (χ3v) is 4.40. The highest BCUT2D eigenvalue weighted by Crippen LogP contribution is 2.39. The van der Waals surface area contributed by atoms with Crippen LogP contribution in [0.15, 0.2) is 42.5 Å². The van der Waals surface area contributed by atoms with Crippen molar-refractivity contribution in [1.82, 2.24) is 0 Å². The number of anilines is 1. The lowest BCUT2D eigenvalue weighted by Gasteiger charge is -2.19. The fraction of sp³-hybridized carbons (Fsp3) is 0.292. The van der Waals surface area contributed by atoms with E-state index >= 15 is 0 Å². The van der Waals surface area contributed by atoms with Crippen molar-refractivity contribution in [2.45, 2.75) is 20.8 Å². The van der Waals surface area contributed by atoms with Crippen LogP contribution in [0.3, 0.4) is 0 Å². The number of carbonyl (C=O) groups is 1. The molecule has 144 valence electrons. The molecule has 1 aliphatic heterocycles. The predicted molar refractivity (Wildman–Crippen MR) is 113 cm³/mol. The quantitative estimate of drug-likeness (QED) is 0.523. The number of benzene rings is 2. The number of rotatable bonds is 7. The van der Waals surface area contributed by atoms with Crippen LogP contribution < -0.4 is 14.4 Å². The molecule has 1 heterocycles. The van der Waals surface area contributed by atoms with Crippen molar-refractivity contribution in [2.75, 3.05) is 24.7 Å². The molecule has 0 N–H and O–H groups in total. The summed E-state index contributed by atoms with van der Waals surface area (Å²) in [5, 5.41) is 0. The van der Waals surface area contributed by atoms with Gasteiger partial charge in [0.2, 0.25) is 0 Å². The van der Waals surface area contributed by atoms with Gasteiger partial charge in [0, 0.05) is 17.7 Å². The first-order valence-electron chi connectivity index (χ1n) is 9.51. The average Bonchev–Trinajstić information content (AvgIpc) is 2.93. The summed E-state index contributed by atoms with van der Waals surface area (Å²) < 4.78 is 11.2. The largest absolute Gasteiger partial charge is 0.490 e. The van der Waals surface area contributed by atoms with E-state index in [1.165, 1.54) is 0 Å². The highest BCUT2D eigenvalue weighted by molar-refractivity contribution is 6.35. The minimum atomic E-state index is 0.0283. The first kappa shape index (κ1) is 19.6. The molecular weight excluding hydrogens is 350 g/mol. The molecule has 0 spiro atoms. The Bertz CT molecular complexity index is 937. The van der Waals surface area contributed by atoms with Gasteiger partial charge in [0.05, 0.1) is 12.3 Å². The van der Waals surface area contributed by atoms with E-state index in [-0.39, 0.29) is 12.5 Å². The molecule has 1 aliphatic rings. The first-order valence-corrected chi connectivity index (χ1v) is 9.51. The number of hydrogen-bond donors (Lipinski definition) is 0. The van der Waals surface area contributed by atoms with E-state index in [0.29, 0.717) is 36.1 Å². The van der Waals surface area contributed by atoms with E-state index < -0.39 is 0 Å². The molecule has 0 aliphatic carbocycles. The summed E-state index contributed by atoms with van der Waals surface area (Å²) in [6.07, 6.45) is 7.19. The monoisotopic (exact) mass is 375 g/mol. The van der Waals surface area contributed by atoms with Gasteiger partial charge in [0.25, 0.3) is 5.91 Å². The van der Waals surface area contributed by atoms with Crippen molar-refractivity contribution in [3.8, 4) is 23.8 Å². The second-order valence-corrected chi connectivity index (χ2v) is 7.02. The Balaban J connectivity index is 2.00. The van der Waals surface area contributed by atoms with Crippen molar-refractivity contribution in [3.05, 3.63) is 53.6 Å². The van der Waals surface area contributed by atoms with Crippen LogP contribution in [0, 0.1) is 18.3 Å². The Kier molecular flexibility index (Phi) is 6.06. The lowest BCUT2D eigenvalue weighted by molar-refractivity contribution is -0.113. The number of amides is 1. The standard InChI is InChI=1S/C24H25NO3/c1-5-13-28-22-12-11-18(15-23(22)27-6-2)14-20-19-9-7-8-10-21(19)25(24(20)26)16-17(3)4/h1,7-12,14-15,17H,6,13,16H2,2-4H3/b20-14-. The molecule has 0 fully saturated rings. The van der Waals surface area contributed by atoms with Crippen molar-refractivity contribution in [3.63, 3.8) is 0 Å². The minimum absolute atomic E-state index is 0.0283. The number of para-hydroxylation sites is 1. The molecule has 0 atom stereocenters. The Hall–Kier alpha value is -3.19.